The first-order chi connectivity index (χ1) is 11.0. The Labute approximate surface area is 132 Å². The number of imidazole rings is 1. The van der Waals surface area contributed by atoms with Crippen LogP contribution in [0.2, 0.25) is 0 Å². The van der Waals surface area contributed by atoms with E-state index in [0.717, 1.165) is 22.3 Å². The zero-order chi connectivity index (χ0) is 16.6. The van der Waals surface area contributed by atoms with Crippen molar-refractivity contribution in [2.75, 3.05) is 5.32 Å². The summed E-state index contributed by atoms with van der Waals surface area (Å²) in [6, 6.07) is 12.5. The summed E-state index contributed by atoms with van der Waals surface area (Å²) in [5, 5.41) is 12.1. The van der Waals surface area contributed by atoms with Crippen molar-refractivity contribution in [3.05, 3.63) is 64.1 Å². The van der Waals surface area contributed by atoms with Crippen LogP contribution in [0.25, 0.3) is 11.0 Å². The summed E-state index contributed by atoms with van der Waals surface area (Å²) in [6.07, 6.45) is 0. The third-order valence-corrected chi connectivity index (χ3v) is 3.96. The number of hydrogen-bond donors (Lipinski definition) is 2. The molecule has 0 aliphatic carbocycles. The van der Waals surface area contributed by atoms with E-state index >= 15 is 0 Å². The van der Waals surface area contributed by atoms with Crippen LogP contribution in [0.3, 0.4) is 0 Å². The minimum Gasteiger partial charge on any atom is -0.478 e. The van der Waals surface area contributed by atoms with Crippen LogP contribution in [0.4, 0.5) is 5.69 Å². The molecule has 0 bridgehead atoms. The third kappa shape index (κ3) is 2.70. The van der Waals surface area contributed by atoms with Gasteiger partial charge in [-0.3, -0.25) is 9.13 Å². The van der Waals surface area contributed by atoms with Gasteiger partial charge in [-0.1, -0.05) is 6.07 Å². The molecule has 2 aromatic carbocycles. The summed E-state index contributed by atoms with van der Waals surface area (Å²) in [5.74, 6) is -0.938. The van der Waals surface area contributed by atoms with Gasteiger partial charge in [0, 0.05) is 26.3 Å². The van der Waals surface area contributed by atoms with Crippen molar-refractivity contribution < 1.29 is 9.90 Å². The third-order valence-electron chi connectivity index (χ3n) is 3.96. The number of hydrogen-bond acceptors (Lipinski definition) is 3. The number of carboxylic acid groups (broad SMARTS) is 1. The van der Waals surface area contributed by atoms with Crippen molar-refractivity contribution in [2.45, 2.75) is 6.54 Å². The molecule has 0 radical (unpaired) electrons. The Balaban J connectivity index is 1.80. The van der Waals surface area contributed by atoms with Crippen LogP contribution in [0, 0.1) is 0 Å². The fraction of sp³-hybridized carbons (Fsp3) is 0.176. The van der Waals surface area contributed by atoms with Gasteiger partial charge in [0.15, 0.2) is 0 Å². The molecule has 6 heteroatoms. The van der Waals surface area contributed by atoms with Gasteiger partial charge in [-0.05, 0) is 42.0 Å². The topological polar surface area (TPSA) is 76.3 Å². The van der Waals surface area contributed by atoms with Crippen LogP contribution < -0.4 is 11.0 Å². The van der Waals surface area contributed by atoms with Crippen molar-refractivity contribution in [3.8, 4) is 0 Å². The number of aromatic nitrogens is 2. The van der Waals surface area contributed by atoms with Crippen molar-refractivity contribution in [1.82, 2.24) is 9.13 Å². The van der Waals surface area contributed by atoms with Crippen molar-refractivity contribution in [3.63, 3.8) is 0 Å². The standard InChI is InChI=1S/C17H17N3O3/c1-19-14-8-3-11(9-15(14)20(2)17(19)23)10-18-13-6-4-12(5-7-13)16(21)22/h3-9,18H,10H2,1-2H3,(H,21,22). The first-order valence-corrected chi connectivity index (χ1v) is 7.19. The molecule has 0 aliphatic rings. The average molecular weight is 311 g/mol. The normalized spacial score (nSPS) is 10.9. The van der Waals surface area contributed by atoms with Crippen LogP contribution in [0.15, 0.2) is 47.3 Å². The Morgan fingerprint density at radius 3 is 2.35 bits per heavy atom. The minimum absolute atomic E-state index is 0.0469. The van der Waals surface area contributed by atoms with E-state index < -0.39 is 5.97 Å². The van der Waals surface area contributed by atoms with Gasteiger partial charge in [0.1, 0.15) is 0 Å². The van der Waals surface area contributed by atoms with Gasteiger partial charge in [0.25, 0.3) is 0 Å². The number of carboxylic acids is 1. The van der Waals surface area contributed by atoms with E-state index in [2.05, 4.69) is 5.32 Å². The van der Waals surface area contributed by atoms with E-state index in [1.165, 1.54) is 0 Å². The predicted octanol–water partition coefficient (Wildman–Crippen LogP) is 2.19. The van der Waals surface area contributed by atoms with Crippen LogP contribution in [0.5, 0.6) is 0 Å². The van der Waals surface area contributed by atoms with Crippen LogP contribution >= 0.6 is 0 Å². The maximum absolute atomic E-state index is 11.9. The monoisotopic (exact) mass is 311 g/mol. The molecule has 0 amide bonds. The number of fused-ring (bicyclic) bond motifs is 1. The zero-order valence-electron chi connectivity index (χ0n) is 12.9. The summed E-state index contributed by atoms with van der Waals surface area (Å²) in [4.78, 5) is 22.8. The van der Waals surface area contributed by atoms with Crippen LogP contribution in [-0.4, -0.2) is 20.2 Å². The fourth-order valence-corrected chi connectivity index (χ4v) is 2.60. The van der Waals surface area contributed by atoms with E-state index in [-0.39, 0.29) is 11.3 Å². The van der Waals surface area contributed by atoms with Gasteiger partial charge >= 0.3 is 11.7 Å². The Morgan fingerprint density at radius 1 is 1.04 bits per heavy atom. The number of aryl methyl sites for hydroxylation is 2. The summed E-state index contributed by atoms with van der Waals surface area (Å²) in [7, 11) is 3.51. The molecule has 0 saturated carbocycles. The maximum Gasteiger partial charge on any atom is 0.335 e. The molecule has 1 aromatic heterocycles. The molecule has 6 nitrogen and oxygen atoms in total. The molecule has 1 heterocycles. The molecule has 0 saturated heterocycles. The predicted molar refractivity (Wildman–Crippen MR) is 88.9 cm³/mol. The zero-order valence-corrected chi connectivity index (χ0v) is 12.9. The summed E-state index contributed by atoms with van der Waals surface area (Å²) < 4.78 is 3.25. The van der Waals surface area contributed by atoms with Gasteiger partial charge in [-0.2, -0.15) is 0 Å². The van der Waals surface area contributed by atoms with Crippen molar-refractivity contribution in [2.24, 2.45) is 14.1 Å². The largest absolute Gasteiger partial charge is 0.478 e. The molecule has 3 aromatic rings. The van der Waals surface area contributed by atoms with E-state index in [9.17, 15) is 9.59 Å². The number of nitrogens with zero attached hydrogens (tertiary/aromatic N) is 2. The van der Waals surface area contributed by atoms with Gasteiger partial charge in [0.05, 0.1) is 16.6 Å². The van der Waals surface area contributed by atoms with Gasteiger partial charge in [0.2, 0.25) is 0 Å². The molecular formula is C17H17N3O3. The number of carbonyl (C=O) groups is 1. The second kappa shape index (κ2) is 5.64. The van der Waals surface area contributed by atoms with Crippen LogP contribution in [-0.2, 0) is 20.6 Å². The second-order valence-corrected chi connectivity index (χ2v) is 5.46. The van der Waals surface area contributed by atoms with E-state index in [1.807, 2.05) is 18.2 Å². The Kier molecular flexibility index (Phi) is 3.65. The van der Waals surface area contributed by atoms with E-state index in [4.69, 9.17) is 5.11 Å². The number of nitrogens with one attached hydrogen (secondary N) is 1. The first-order valence-electron chi connectivity index (χ1n) is 7.19. The molecule has 3 rings (SSSR count). The highest BCUT2D eigenvalue weighted by Crippen LogP contribution is 2.16. The molecule has 2 N–H and O–H groups in total. The molecule has 23 heavy (non-hydrogen) atoms. The lowest BCUT2D eigenvalue weighted by atomic mass is 10.1. The average Bonchev–Trinajstić information content (AvgIpc) is 2.77. The smallest absolute Gasteiger partial charge is 0.335 e. The molecule has 0 fully saturated rings. The molecular weight excluding hydrogens is 294 g/mol. The molecule has 0 spiro atoms. The number of anilines is 1. The summed E-state index contributed by atoms with van der Waals surface area (Å²) in [5.41, 5.74) is 3.88. The highest BCUT2D eigenvalue weighted by atomic mass is 16.4. The van der Waals surface area contributed by atoms with Gasteiger partial charge < -0.3 is 10.4 Å². The van der Waals surface area contributed by atoms with Crippen molar-refractivity contribution in [1.29, 1.82) is 0 Å². The Morgan fingerprint density at radius 2 is 1.70 bits per heavy atom. The summed E-state index contributed by atoms with van der Waals surface area (Å²) in [6.45, 7) is 0.589. The second-order valence-electron chi connectivity index (χ2n) is 5.46. The molecule has 118 valence electrons. The lowest BCUT2D eigenvalue weighted by Gasteiger charge is -2.07. The number of benzene rings is 2. The summed E-state index contributed by atoms with van der Waals surface area (Å²) >= 11 is 0. The highest BCUT2D eigenvalue weighted by molar-refractivity contribution is 5.88. The Bertz CT molecular complexity index is 936. The van der Waals surface area contributed by atoms with Crippen LogP contribution in [0.1, 0.15) is 15.9 Å². The molecule has 0 aliphatic heterocycles. The highest BCUT2D eigenvalue weighted by Gasteiger charge is 2.08. The fourth-order valence-electron chi connectivity index (χ4n) is 2.60. The number of aromatic carboxylic acids is 1. The van der Waals surface area contributed by atoms with Crippen molar-refractivity contribution >= 4 is 22.7 Å². The first kappa shape index (κ1) is 14.9. The number of rotatable bonds is 4. The van der Waals surface area contributed by atoms with Gasteiger partial charge in [-0.15, -0.1) is 0 Å². The lowest BCUT2D eigenvalue weighted by Crippen LogP contribution is -2.19. The van der Waals surface area contributed by atoms with E-state index in [1.54, 1.807) is 47.5 Å². The van der Waals surface area contributed by atoms with Gasteiger partial charge in [-0.25, -0.2) is 9.59 Å². The molecule has 0 unspecified atom stereocenters. The lowest BCUT2D eigenvalue weighted by molar-refractivity contribution is 0.0697. The maximum atomic E-state index is 11.9. The quantitative estimate of drug-likeness (QED) is 0.774. The SMILES string of the molecule is Cn1c(=O)n(C)c2cc(CNc3ccc(C(=O)O)cc3)ccc21. The minimum atomic E-state index is -0.938. The Hall–Kier alpha value is -3.02. The van der Waals surface area contributed by atoms with E-state index in [0.29, 0.717) is 6.54 Å². The molecule has 0 atom stereocenters.